The molecule has 1 saturated heterocycles. The summed E-state index contributed by atoms with van der Waals surface area (Å²) in [6, 6.07) is 16.4. The van der Waals surface area contributed by atoms with Gasteiger partial charge >= 0.3 is 0 Å². The van der Waals surface area contributed by atoms with E-state index in [1.54, 1.807) is 18.2 Å². The SMILES string of the molecule is Cc1nn(-c2ccccc2)c2sc(C(=O)Nc3cc(N4CCCS4(=O)=O)ccc3Cl)cc12. The number of hydrogen-bond acceptors (Lipinski definition) is 5. The van der Waals surface area contributed by atoms with Gasteiger partial charge < -0.3 is 5.32 Å². The number of aromatic nitrogens is 2. The fraction of sp³-hybridized carbons (Fsp3) is 0.182. The van der Waals surface area contributed by atoms with Gasteiger partial charge in [-0.25, -0.2) is 13.1 Å². The average molecular weight is 487 g/mol. The van der Waals surface area contributed by atoms with Crippen molar-refractivity contribution in [3.63, 3.8) is 0 Å². The zero-order valence-electron chi connectivity index (χ0n) is 17.1. The van der Waals surface area contributed by atoms with Crippen molar-refractivity contribution in [1.82, 2.24) is 9.78 Å². The quantitative estimate of drug-likeness (QED) is 0.447. The largest absolute Gasteiger partial charge is 0.320 e. The van der Waals surface area contributed by atoms with Gasteiger partial charge in [0, 0.05) is 11.9 Å². The Kier molecular flexibility index (Phi) is 5.19. The summed E-state index contributed by atoms with van der Waals surface area (Å²) in [4.78, 5) is 14.4. The molecule has 164 valence electrons. The van der Waals surface area contributed by atoms with Crippen LogP contribution in [-0.2, 0) is 10.0 Å². The molecule has 32 heavy (non-hydrogen) atoms. The molecule has 10 heteroatoms. The van der Waals surface area contributed by atoms with E-state index in [1.165, 1.54) is 15.6 Å². The number of carbonyl (C=O) groups excluding carboxylic acids is 1. The van der Waals surface area contributed by atoms with Gasteiger partial charge in [-0.15, -0.1) is 11.3 Å². The van der Waals surface area contributed by atoms with Crippen LogP contribution in [0.1, 0.15) is 21.8 Å². The van der Waals surface area contributed by atoms with Crippen LogP contribution >= 0.6 is 22.9 Å². The van der Waals surface area contributed by atoms with Crippen LogP contribution in [0.5, 0.6) is 0 Å². The fourth-order valence-corrected chi connectivity index (χ4v) is 6.58. The van der Waals surface area contributed by atoms with Crippen molar-refractivity contribution >= 4 is 60.5 Å². The summed E-state index contributed by atoms with van der Waals surface area (Å²) < 4.78 is 27.7. The normalized spacial score (nSPS) is 15.4. The molecule has 2 aromatic heterocycles. The Morgan fingerprint density at radius 1 is 1.12 bits per heavy atom. The lowest BCUT2D eigenvalue weighted by atomic mass is 10.2. The van der Waals surface area contributed by atoms with Crippen LogP contribution in [0.25, 0.3) is 15.9 Å². The summed E-state index contributed by atoms with van der Waals surface area (Å²) in [5, 5.41) is 8.68. The minimum Gasteiger partial charge on any atom is -0.320 e. The molecular weight excluding hydrogens is 468 g/mol. The maximum absolute atomic E-state index is 13.0. The highest BCUT2D eigenvalue weighted by Crippen LogP contribution is 2.34. The number of halogens is 1. The van der Waals surface area contributed by atoms with Crippen molar-refractivity contribution in [2.75, 3.05) is 21.9 Å². The van der Waals surface area contributed by atoms with Crippen LogP contribution < -0.4 is 9.62 Å². The van der Waals surface area contributed by atoms with E-state index in [0.717, 1.165) is 21.6 Å². The second-order valence-electron chi connectivity index (χ2n) is 7.52. The van der Waals surface area contributed by atoms with Crippen molar-refractivity contribution in [3.8, 4) is 5.69 Å². The van der Waals surface area contributed by atoms with E-state index in [2.05, 4.69) is 10.4 Å². The van der Waals surface area contributed by atoms with E-state index < -0.39 is 10.0 Å². The number of aryl methyl sites for hydroxylation is 1. The number of nitrogens with zero attached hydrogens (tertiary/aromatic N) is 3. The summed E-state index contributed by atoms with van der Waals surface area (Å²) in [6.07, 6.45) is 0.576. The lowest BCUT2D eigenvalue weighted by molar-refractivity contribution is 0.103. The first-order valence-corrected chi connectivity index (χ1v) is 12.8. The van der Waals surface area contributed by atoms with Crippen molar-refractivity contribution in [3.05, 3.63) is 70.2 Å². The molecule has 0 atom stereocenters. The molecule has 0 radical (unpaired) electrons. The summed E-state index contributed by atoms with van der Waals surface area (Å²) >= 11 is 7.64. The third-order valence-electron chi connectivity index (χ3n) is 5.35. The molecule has 1 N–H and O–H groups in total. The third kappa shape index (κ3) is 3.66. The van der Waals surface area contributed by atoms with Crippen LogP contribution in [0.4, 0.5) is 11.4 Å². The number of anilines is 2. The van der Waals surface area contributed by atoms with Crippen molar-refractivity contribution in [1.29, 1.82) is 0 Å². The molecule has 4 aromatic rings. The first-order chi connectivity index (χ1) is 15.3. The lowest BCUT2D eigenvalue weighted by Crippen LogP contribution is -2.25. The van der Waals surface area contributed by atoms with E-state index in [-0.39, 0.29) is 11.7 Å². The number of amides is 1. The van der Waals surface area contributed by atoms with Gasteiger partial charge in [0.1, 0.15) is 4.83 Å². The molecule has 0 unspecified atom stereocenters. The molecule has 2 aromatic carbocycles. The summed E-state index contributed by atoms with van der Waals surface area (Å²) in [6.45, 7) is 2.33. The van der Waals surface area contributed by atoms with E-state index in [4.69, 9.17) is 11.6 Å². The second kappa shape index (κ2) is 7.91. The second-order valence-corrected chi connectivity index (χ2v) is 11.0. The predicted molar refractivity (Wildman–Crippen MR) is 129 cm³/mol. The summed E-state index contributed by atoms with van der Waals surface area (Å²) in [7, 11) is -3.33. The van der Waals surface area contributed by atoms with E-state index in [9.17, 15) is 13.2 Å². The Morgan fingerprint density at radius 3 is 2.62 bits per heavy atom. The van der Waals surface area contributed by atoms with Gasteiger partial charge in [-0.1, -0.05) is 29.8 Å². The number of para-hydroxylation sites is 1. The highest BCUT2D eigenvalue weighted by atomic mass is 35.5. The van der Waals surface area contributed by atoms with Crippen molar-refractivity contribution < 1.29 is 13.2 Å². The van der Waals surface area contributed by atoms with Crippen LogP contribution in [0, 0.1) is 6.92 Å². The Morgan fingerprint density at radius 2 is 1.91 bits per heavy atom. The summed E-state index contributed by atoms with van der Waals surface area (Å²) in [5.41, 5.74) is 2.62. The molecule has 1 aliphatic rings. The number of thiophene rings is 1. The number of benzene rings is 2. The Labute approximate surface area is 194 Å². The van der Waals surface area contributed by atoms with Gasteiger partial charge in [-0.3, -0.25) is 9.10 Å². The van der Waals surface area contributed by atoms with Crippen LogP contribution in [0.15, 0.2) is 54.6 Å². The maximum atomic E-state index is 13.0. The van der Waals surface area contributed by atoms with Crippen LogP contribution in [0.2, 0.25) is 5.02 Å². The molecular formula is C22H19ClN4O3S2. The minimum atomic E-state index is -3.33. The number of sulfonamides is 1. The molecule has 0 spiro atoms. The van der Waals surface area contributed by atoms with E-state index in [1.807, 2.05) is 48.0 Å². The van der Waals surface area contributed by atoms with Gasteiger partial charge in [-0.05, 0) is 49.7 Å². The van der Waals surface area contributed by atoms with Crippen LogP contribution in [0.3, 0.4) is 0 Å². The van der Waals surface area contributed by atoms with Crippen molar-refractivity contribution in [2.24, 2.45) is 0 Å². The number of rotatable bonds is 4. The number of hydrogen-bond donors (Lipinski definition) is 1. The Hall–Kier alpha value is -2.88. The molecule has 1 amide bonds. The maximum Gasteiger partial charge on any atom is 0.265 e. The smallest absolute Gasteiger partial charge is 0.265 e. The number of carbonyl (C=O) groups is 1. The van der Waals surface area contributed by atoms with E-state index >= 15 is 0 Å². The fourth-order valence-electron chi connectivity index (χ4n) is 3.78. The van der Waals surface area contributed by atoms with Gasteiger partial charge in [0.25, 0.3) is 5.91 Å². The molecule has 0 saturated carbocycles. The summed E-state index contributed by atoms with van der Waals surface area (Å²) in [5.74, 6) is -0.190. The number of nitrogens with one attached hydrogen (secondary N) is 1. The van der Waals surface area contributed by atoms with Gasteiger partial charge in [-0.2, -0.15) is 5.10 Å². The Bertz CT molecular complexity index is 1440. The lowest BCUT2D eigenvalue weighted by Gasteiger charge is -2.18. The molecule has 1 aliphatic heterocycles. The molecule has 1 fully saturated rings. The van der Waals surface area contributed by atoms with Crippen LogP contribution in [-0.4, -0.2) is 36.4 Å². The third-order valence-corrected chi connectivity index (χ3v) is 8.66. The zero-order valence-corrected chi connectivity index (χ0v) is 19.5. The molecule has 0 bridgehead atoms. The Balaban J connectivity index is 1.46. The number of fused-ring (bicyclic) bond motifs is 1. The molecule has 3 heterocycles. The molecule has 0 aliphatic carbocycles. The standard InChI is InChI=1S/C22H19ClN4O3S2/c1-14-17-13-20(31-22(17)27(25-14)15-6-3-2-4-7-15)21(28)24-19-12-16(8-9-18(19)23)26-10-5-11-32(26,29)30/h2-4,6-9,12-13H,5,10-11H2,1H3,(H,24,28). The highest BCUT2D eigenvalue weighted by molar-refractivity contribution is 7.93. The topological polar surface area (TPSA) is 84.3 Å². The highest BCUT2D eigenvalue weighted by Gasteiger charge is 2.29. The van der Waals surface area contributed by atoms with Gasteiger partial charge in [0.15, 0.2) is 0 Å². The van der Waals surface area contributed by atoms with Gasteiger partial charge in [0.2, 0.25) is 10.0 Å². The predicted octanol–water partition coefficient (Wildman–Crippen LogP) is 4.84. The minimum absolute atomic E-state index is 0.122. The van der Waals surface area contributed by atoms with Crippen molar-refractivity contribution in [2.45, 2.75) is 13.3 Å². The average Bonchev–Trinajstić information content (AvgIpc) is 3.45. The zero-order chi connectivity index (χ0) is 22.5. The first-order valence-electron chi connectivity index (χ1n) is 9.99. The van der Waals surface area contributed by atoms with Gasteiger partial charge in [0.05, 0.1) is 38.4 Å². The first kappa shape index (κ1) is 21.0. The molecule has 7 nitrogen and oxygen atoms in total. The monoisotopic (exact) mass is 486 g/mol. The van der Waals surface area contributed by atoms with E-state index in [0.29, 0.717) is 34.2 Å². The molecule has 5 rings (SSSR count).